The number of aliphatic hydroxyl groups excluding tert-OH is 1. The molecular weight excluding hydrogens is 184 g/mol. The van der Waals surface area contributed by atoms with Crippen LogP contribution in [0.4, 0.5) is 0 Å². The second kappa shape index (κ2) is 3.26. The number of aliphatic hydroxyl groups is 1. The molecule has 2 aromatic rings. The Kier molecular flexibility index (Phi) is 2.09. The van der Waals surface area contributed by atoms with Crippen LogP contribution in [-0.2, 0) is 6.54 Å². The highest BCUT2D eigenvalue weighted by Gasteiger charge is 2.10. The van der Waals surface area contributed by atoms with Crippen LogP contribution in [-0.4, -0.2) is 20.8 Å². The number of hydrogen-bond acceptors (Lipinski definition) is 4. The number of fused-ring (bicyclic) bond motifs is 1. The van der Waals surface area contributed by atoms with Crippen LogP contribution in [0.25, 0.3) is 11.2 Å². The minimum absolute atomic E-state index is 0.197. The van der Waals surface area contributed by atoms with Gasteiger partial charge < -0.3 is 9.52 Å². The molecule has 2 heterocycles. The molecule has 1 atom stereocenters. The van der Waals surface area contributed by atoms with E-state index in [4.69, 9.17) is 4.42 Å². The summed E-state index contributed by atoms with van der Waals surface area (Å²) in [6.45, 7) is 1.80. The summed E-state index contributed by atoms with van der Waals surface area (Å²) in [5.74, 6) is -0.486. The molecule has 0 spiro atoms. The first-order chi connectivity index (χ1) is 6.68. The zero-order valence-electron chi connectivity index (χ0n) is 7.67. The van der Waals surface area contributed by atoms with E-state index >= 15 is 0 Å². The zero-order valence-corrected chi connectivity index (χ0v) is 7.67. The summed E-state index contributed by atoms with van der Waals surface area (Å²) in [6, 6.07) is 3.36. The summed E-state index contributed by atoms with van der Waals surface area (Å²) in [6.07, 6.45) is 0.978. The third-order valence-electron chi connectivity index (χ3n) is 1.87. The number of pyridine rings is 1. The molecule has 0 saturated heterocycles. The molecule has 14 heavy (non-hydrogen) atoms. The van der Waals surface area contributed by atoms with Crippen LogP contribution in [0.5, 0.6) is 0 Å². The molecule has 2 aromatic heterocycles. The standard InChI is InChI=1S/C9H10N2O3/c1-6(12)5-11-8-7(14-9(11)13)3-2-4-10-8/h2-4,6,12H,5H2,1H3. The lowest BCUT2D eigenvalue weighted by Crippen LogP contribution is -2.21. The Labute approximate surface area is 79.6 Å². The maximum Gasteiger partial charge on any atom is 0.421 e. The van der Waals surface area contributed by atoms with Crippen molar-refractivity contribution in [3.8, 4) is 0 Å². The molecule has 0 saturated carbocycles. The van der Waals surface area contributed by atoms with Gasteiger partial charge in [-0.15, -0.1) is 0 Å². The zero-order chi connectivity index (χ0) is 10.1. The summed E-state index contributed by atoms with van der Waals surface area (Å²) in [5.41, 5.74) is 0.913. The van der Waals surface area contributed by atoms with Gasteiger partial charge in [0.2, 0.25) is 0 Å². The monoisotopic (exact) mass is 194 g/mol. The first-order valence-electron chi connectivity index (χ1n) is 4.31. The van der Waals surface area contributed by atoms with Gasteiger partial charge in [-0.05, 0) is 19.1 Å². The smallest absolute Gasteiger partial charge is 0.406 e. The lowest BCUT2D eigenvalue weighted by atomic mass is 10.4. The van der Waals surface area contributed by atoms with Crippen LogP contribution in [0, 0.1) is 0 Å². The first-order valence-corrected chi connectivity index (χ1v) is 4.31. The van der Waals surface area contributed by atoms with E-state index in [0.717, 1.165) is 0 Å². The van der Waals surface area contributed by atoms with Gasteiger partial charge >= 0.3 is 5.76 Å². The van der Waals surface area contributed by atoms with E-state index in [1.54, 1.807) is 25.3 Å². The van der Waals surface area contributed by atoms with Gasteiger partial charge in [-0.1, -0.05) is 0 Å². The predicted molar refractivity (Wildman–Crippen MR) is 49.9 cm³/mol. The first kappa shape index (κ1) is 8.96. The molecule has 5 heteroatoms. The van der Waals surface area contributed by atoms with E-state index < -0.39 is 11.9 Å². The third kappa shape index (κ3) is 1.42. The van der Waals surface area contributed by atoms with E-state index in [-0.39, 0.29) is 6.54 Å². The van der Waals surface area contributed by atoms with E-state index in [1.165, 1.54) is 4.57 Å². The van der Waals surface area contributed by atoms with Gasteiger partial charge in [0.25, 0.3) is 0 Å². The van der Waals surface area contributed by atoms with Crippen molar-refractivity contribution in [2.45, 2.75) is 19.6 Å². The lowest BCUT2D eigenvalue weighted by molar-refractivity contribution is 0.171. The Balaban J connectivity index is 2.62. The van der Waals surface area contributed by atoms with Crippen LogP contribution in [0.3, 0.4) is 0 Å². The molecule has 0 radical (unpaired) electrons. The van der Waals surface area contributed by atoms with Crippen molar-refractivity contribution >= 4 is 11.2 Å². The van der Waals surface area contributed by atoms with Gasteiger partial charge in [-0.25, -0.2) is 9.78 Å². The number of aromatic nitrogens is 2. The molecule has 0 fully saturated rings. The maximum atomic E-state index is 11.3. The van der Waals surface area contributed by atoms with Crippen molar-refractivity contribution in [1.82, 2.24) is 9.55 Å². The molecule has 5 nitrogen and oxygen atoms in total. The fourth-order valence-corrected chi connectivity index (χ4v) is 1.33. The number of oxazole rings is 1. The summed E-state index contributed by atoms with van der Waals surface area (Å²) in [5, 5.41) is 9.18. The minimum atomic E-state index is -0.601. The Bertz CT molecular complexity index is 498. The molecule has 0 amide bonds. The van der Waals surface area contributed by atoms with Gasteiger partial charge in [-0.2, -0.15) is 0 Å². The van der Waals surface area contributed by atoms with E-state index in [9.17, 15) is 9.90 Å². The predicted octanol–water partition coefficient (Wildman–Crippen LogP) is 0.370. The van der Waals surface area contributed by atoms with Crippen molar-refractivity contribution in [3.05, 3.63) is 28.9 Å². The fourth-order valence-electron chi connectivity index (χ4n) is 1.33. The van der Waals surface area contributed by atoms with Crippen LogP contribution in [0.2, 0.25) is 0 Å². The van der Waals surface area contributed by atoms with Gasteiger partial charge in [0.1, 0.15) is 0 Å². The van der Waals surface area contributed by atoms with Crippen molar-refractivity contribution in [1.29, 1.82) is 0 Å². The van der Waals surface area contributed by atoms with Crippen LogP contribution in [0.1, 0.15) is 6.92 Å². The summed E-state index contributed by atoms with van der Waals surface area (Å²) >= 11 is 0. The van der Waals surface area contributed by atoms with Crippen LogP contribution >= 0.6 is 0 Å². The second-order valence-electron chi connectivity index (χ2n) is 3.15. The van der Waals surface area contributed by atoms with Crippen LogP contribution in [0.15, 0.2) is 27.5 Å². The normalized spacial score (nSPS) is 13.3. The molecule has 0 aliphatic heterocycles. The minimum Gasteiger partial charge on any atom is -0.406 e. The summed E-state index contributed by atoms with van der Waals surface area (Å²) in [7, 11) is 0. The van der Waals surface area contributed by atoms with Crippen molar-refractivity contribution in [2.24, 2.45) is 0 Å². The molecule has 2 rings (SSSR count). The highest BCUT2D eigenvalue weighted by atomic mass is 16.4. The van der Waals surface area contributed by atoms with Gasteiger partial charge in [-0.3, -0.25) is 4.57 Å². The molecule has 74 valence electrons. The summed E-state index contributed by atoms with van der Waals surface area (Å²) in [4.78, 5) is 15.3. The van der Waals surface area contributed by atoms with E-state index in [1.807, 2.05) is 0 Å². The van der Waals surface area contributed by atoms with E-state index in [2.05, 4.69) is 4.98 Å². The molecule has 1 N–H and O–H groups in total. The maximum absolute atomic E-state index is 11.3. The average Bonchev–Trinajstić information content (AvgIpc) is 2.43. The molecular formula is C9H10N2O3. The van der Waals surface area contributed by atoms with Crippen molar-refractivity contribution in [2.75, 3.05) is 0 Å². The molecule has 0 bridgehead atoms. The Hall–Kier alpha value is -1.62. The number of hydrogen-bond donors (Lipinski definition) is 1. The SMILES string of the molecule is CC(O)Cn1c(=O)oc2cccnc21. The largest absolute Gasteiger partial charge is 0.421 e. The van der Waals surface area contributed by atoms with Gasteiger partial charge in [0.05, 0.1) is 12.6 Å². The average molecular weight is 194 g/mol. The third-order valence-corrected chi connectivity index (χ3v) is 1.87. The van der Waals surface area contributed by atoms with E-state index in [0.29, 0.717) is 11.2 Å². The topological polar surface area (TPSA) is 68.3 Å². The molecule has 0 aromatic carbocycles. The van der Waals surface area contributed by atoms with Crippen molar-refractivity contribution < 1.29 is 9.52 Å². The quantitative estimate of drug-likeness (QED) is 0.749. The molecule has 0 aliphatic rings. The highest BCUT2D eigenvalue weighted by Crippen LogP contribution is 2.08. The molecule has 0 aliphatic carbocycles. The van der Waals surface area contributed by atoms with Crippen molar-refractivity contribution in [3.63, 3.8) is 0 Å². The van der Waals surface area contributed by atoms with Crippen LogP contribution < -0.4 is 5.76 Å². The Morgan fingerprint density at radius 3 is 3.21 bits per heavy atom. The second-order valence-corrected chi connectivity index (χ2v) is 3.15. The Morgan fingerprint density at radius 2 is 2.50 bits per heavy atom. The van der Waals surface area contributed by atoms with Gasteiger partial charge in [0.15, 0.2) is 11.2 Å². The van der Waals surface area contributed by atoms with Gasteiger partial charge in [0, 0.05) is 6.20 Å². The summed E-state index contributed by atoms with van der Waals surface area (Å²) < 4.78 is 6.25. The highest BCUT2D eigenvalue weighted by molar-refractivity contribution is 5.67. The lowest BCUT2D eigenvalue weighted by Gasteiger charge is -2.02. The number of rotatable bonds is 2. The molecule has 1 unspecified atom stereocenters. The Morgan fingerprint density at radius 1 is 1.71 bits per heavy atom. The fraction of sp³-hybridized carbons (Fsp3) is 0.333. The number of nitrogens with zero attached hydrogens (tertiary/aromatic N) is 2.